The van der Waals surface area contributed by atoms with Gasteiger partial charge in [0, 0.05) is 24.6 Å². The number of nitrogens with zero attached hydrogens (tertiary/aromatic N) is 4. The summed E-state index contributed by atoms with van der Waals surface area (Å²) in [5.74, 6) is 2.79. The molecule has 132 valence electrons. The van der Waals surface area contributed by atoms with E-state index >= 15 is 0 Å². The van der Waals surface area contributed by atoms with Gasteiger partial charge in [0.15, 0.2) is 11.6 Å². The summed E-state index contributed by atoms with van der Waals surface area (Å²) < 4.78 is 1.80. The fraction of sp³-hybridized carbons (Fsp3) is 0.300. The number of rotatable bonds is 5. The molecule has 6 heteroatoms. The predicted molar refractivity (Wildman–Crippen MR) is 98.0 cm³/mol. The number of aromatic nitrogens is 4. The van der Waals surface area contributed by atoms with Gasteiger partial charge in [-0.2, -0.15) is 4.68 Å². The molecule has 0 unspecified atom stereocenters. The second-order valence-corrected chi connectivity index (χ2v) is 6.96. The van der Waals surface area contributed by atoms with Crippen molar-refractivity contribution in [2.24, 2.45) is 5.92 Å². The quantitative estimate of drug-likeness (QED) is 0.770. The zero-order valence-corrected chi connectivity index (χ0v) is 14.9. The van der Waals surface area contributed by atoms with Crippen molar-refractivity contribution in [1.82, 2.24) is 25.1 Å². The zero-order valence-electron chi connectivity index (χ0n) is 14.9. The number of pyridine rings is 1. The summed E-state index contributed by atoms with van der Waals surface area (Å²) in [5, 5.41) is 7.72. The highest BCUT2D eigenvalue weighted by Crippen LogP contribution is 2.28. The molecule has 1 amide bonds. The third-order valence-electron chi connectivity index (χ3n) is 4.45. The topological polar surface area (TPSA) is 72.7 Å². The normalized spacial score (nSPS) is 16.0. The lowest BCUT2D eigenvalue weighted by molar-refractivity contribution is 0.0956. The monoisotopic (exact) mass is 347 g/mol. The Hall–Kier alpha value is -3.02. The van der Waals surface area contributed by atoms with Crippen LogP contribution in [0.5, 0.6) is 0 Å². The van der Waals surface area contributed by atoms with E-state index in [-0.39, 0.29) is 11.9 Å². The van der Waals surface area contributed by atoms with Gasteiger partial charge in [0.2, 0.25) is 0 Å². The predicted octanol–water partition coefficient (Wildman–Crippen LogP) is 2.89. The van der Waals surface area contributed by atoms with Crippen molar-refractivity contribution >= 4 is 5.91 Å². The molecular formula is C20H21N5O. The van der Waals surface area contributed by atoms with Crippen LogP contribution in [0, 0.1) is 5.92 Å². The van der Waals surface area contributed by atoms with Crippen molar-refractivity contribution in [3.63, 3.8) is 0 Å². The van der Waals surface area contributed by atoms with E-state index in [0.717, 1.165) is 35.0 Å². The van der Waals surface area contributed by atoms with Crippen molar-refractivity contribution < 1.29 is 4.79 Å². The number of carbonyl (C=O) groups excluding carboxylic acids is 1. The first-order valence-electron chi connectivity index (χ1n) is 8.88. The van der Waals surface area contributed by atoms with E-state index < -0.39 is 0 Å². The van der Waals surface area contributed by atoms with Crippen LogP contribution in [0.4, 0.5) is 0 Å². The summed E-state index contributed by atoms with van der Waals surface area (Å²) in [4.78, 5) is 21.4. The zero-order chi connectivity index (χ0) is 18.1. The Morgan fingerprint density at radius 1 is 1.15 bits per heavy atom. The molecule has 1 N–H and O–H groups in total. The highest BCUT2D eigenvalue weighted by molar-refractivity contribution is 5.99. The molecule has 6 nitrogen and oxygen atoms in total. The lowest BCUT2D eigenvalue weighted by atomic mass is 10.0. The largest absolute Gasteiger partial charge is 0.345 e. The van der Waals surface area contributed by atoms with Gasteiger partial charge in [-0.1, -0.05) is 38.1 Å². The molecule has 0 saturated heterocycles. The minimum Gasteiger partial charge on any atom is -0.345 e. The second kappa shape index (κ2) is 6.71. The lowest BCUT2D eigenvalue weighted by Crippen LogP contribution is -2.22. The van der Waals surface area contributed by atoms with Gasteiger partial charge in [0.1, 0.15) is 5.82 Å². The van der Waals surface area contributed by atoms with Crippen LogP contribution in [0.2, 0.25) is 0 Å². The fourth-order valence-corrected chi connectivity index (χ4v) is 3.30. The van der Waals surface area contributed by atoms with Crippen LogP contribution < -0.4 is 5.32 Å². The first-order valence-corrected chi connectivity index (χ1v) is 8.88. The summed E-state index contributed by atoms with van der Waals surface area (Å²) in [7, 11) is 0. The van der Waals surface area contributed by atoms with Crippen LogP contribution in [0.15, 0.2) is 48.7 Å². The minimum atomic E-state index is -0.0998. The number of carbonyl (C=O) groups is 1. The average Bonchev–Trinajstić information content (AvgIpc) is 3.17. The molecule has 0 spiro atoms. The Bertz CT molecular complexity index is 932. The molecule has 0 radical (unpaired) electrons. The second-order valence-electron chi connectivity index (χ2n) is 6.96. The highest BCUT2D eigenvalue weighted by Gasteiger charge is 2.30. The number of hydrogen-bond donors (Lipinski definition) is 1. The standard InChI is InChI=1S/C20H21N5O/c1-13(2)11-17-23-19(25(24-17)18-9-5-6-10-21-18)12-16-14-7-3-4-8-15(14)20(26)22-16/h3-10,13,16H,11-12H2,1-2H3,(H,22,26)/t16-/m1/s1. The number of fused-ring (bicyclic) bond motifs is 1. The number of nitrogens with one attached hydrogen (secondary N) is 1. The molecule has 1 aliphatic heterocycles. The smallest absolute Gasteiger partial charge is 0.252 e. The third kappa shape index (κ3) is 3.10. The van der Waals surface area contributed by atoms with Crippen molar-refractivity contribution in [1.29, 1.82) is 0 Å². The van der Waals surface area contributed by atoms with Crippen LogP contribution >= 0.6 is 0 Å². The van der Waals surface area contributed by atoms with Crippen LogP contribution in [0.1, 0.15) is 47.5 Å². The van der Waals surface area contributed by atoms with Gasteiger partial charge in [0.05, 0.1) is 6.04 Å². The maximum absolute atomic E-state index is 12.2. The van der Waals surface area contributed by atoms with Gasteiger partial charge in [0.25, 0.3) is 5.91 Å². The molecule has 1 aliphatic rings. The summed E-state index contributed by atoms with van der Waals surface area (Å²) in [6, 6.07) is 13.3. The molecule has 1 atom stereocenters. The third-order valence-corrected chi connectivity index (χ3v) is 4.45. The average molecular weight is 347 g/mol. The Balaban J connectivity index is 1.70. The molecule has 0 aliphatic carbocycles. The maximum atomic E-state index is 12.2. The van der Waals surface area contributed by atoms with Crippen molar-refractivity contribution in [3.05, 3.63) is 71.4 Å². The molecule has 0 saturated carbocycles. The molecule has 0 bridgehead atoms. The van der Waals surface area contributed by atoms with Gasteiger partial charge < -0.3 is 5.32 Å². The van der Waals surface area contributed by atoms with E-state index in [1.807, 2.05) is 42.5 Å². The molecule has 26 heavy (non-hydrogen) atoms. The summed E-state index contributed by atoms with van der Waals surface area (Å²) >= 11 is 0. The van der Waals surface area contributed by atoms with E-state index in [2.05, 4.69) is 29.2 Å². The molecule has 0 fully saturated rings. The van der Waals surface area contributed by atoms with Crippen LogP contribution in [-0.4, -0.2) is 25.7 Å². The Morgan fingerprint density at radius 2 is 1.96 bits per heavy atom. The van der Waals surface area contributed by atoms with Crippen LogP contribution in [0.3, 0.4) is 0 Å². The van der Waals surface area contributed by atoms with Gasteiger partial charge in [-0.3, -0.25) is 4.79 Å². The lowest BCUT2D eigenvalue weighted by Gasteiger charge is -2.11. The van der Waals surface area contributed by atoms with Crippen molar-refractivity contribution in [2.75, 3.05) is 0 Å². The van der Waals surface area contributed by atoms with Crippen LogP contribution in [0.25, 0.3) is 5.82 Å². The summed E-state index contributed by atoms with van der Waals surface area (Å²) in [5.41, 5.74) is 1.75. The highest BCUT2D eigenvalue weighted by atomic mass is 16.2. The molecule has 4 rings (SSSR count). The van der Waals surface area contributed by atoms with E-state index in [9.17, 15) is 4.79 Å². The Morgan fingerprint density at radius 3 is 2.73 bits per heavy atom. The first-order chi connectivity index (χ1) is 12.6. The molecule has 3 heterocycles. The van der Waals surface area contributed by atoms with Gasteiger partial charge >= 0.3 is 0 Å². The van der Waals surface area contributed by atoms with E-state index in [1.165, 1.54) is 0 Å². The van der Waals surface area contributed by atoms with Gasteiger partial charge in [-0.15, -0.1) is 5.10 Å². The fourth-order valence-electron chi connectivity index (χ4n) is 3.30. The SMILES string of the molecule is CC(C)Cc1nc(C[C@H]2NC(=O)c3ccccc32)n(-c2ccccn2)n1. The number of benzene rings is 1. The van der Waals surface area contributed by atoms with Crippen LogP contribution in [-0.2, 0) is 12.8 Å². The van der Waals surface area contributed by atoms with E-state index in [1.54, 1.807) is 10.9 Å². The molecular weight excluding hydrogens is 326 g/mol. The molecule has 3 aromatic rings. The van der Waals surface area contributed by atoms with E-state index in [0.29, 0.717) is 12.3 Å². The Kier molecular flexibility index (Phi) is 4.24. The first kappa shape index (κ1) is 16.4. The minimum absolute atomic E-state index is 0.0306. The maximum Gasteiger partial charge on any atom is 0.252 e. The van der Waals surface area contributed by atoms with E-state index in [4.69, 9.17) is 4.98 Å². The summed E-state index contributed by atoms with van der Waals surface area (Å²) in [6.07, 6.45) is 3.13. The number of amides is 1. The van der Waals surface area contributed by atoms with Gasteiger partial charge in [-0.25, -0.2) is 9.97 Å². The Labute approximate surface area is 152 Å². The summed E-state index contributed by atoms with van der Waals surface area (Å²) in [6.45, 7) is 4.29. The molecule has 1 aromatic carbocycles. The van der Waals surface area contributed by atoms with Gasteiger partial charge in [-0.05, 0) is 29.7 Å². The van der Waals surface area contributed by atoms with Crippen molar-refractivity contribution in [3.8, 4) is 5.82 Å². The van der Waals surface area contributed by atoms with Crippen molar-refractivity contribution in [2.45, 2.75) is 32.7 Å². The molecule has 2 aromatic heterocycles. The number of hydrogen-bond acceptors (Lipinski definition) is 4.